The van der Waals surface area contributed by atoms with Crippen molar-refractivity contribution in [2.45, 2.75) is 13.5 Å². The number of hydrogen-bond acceptors (Lipinski definition) is 4. The van der Waals surface area contributed by atoms with Gasteiger partial charge in [-0.1, -0.05) is 18.2 Å². The maximum absolute atomic E-state index is 13.3. The van der Waals surface area contributed by atoms with Crippen LogP contribution in [-0.4, -0.2) is 20.4 Å². The molecule has 1 N–H and O–H groups in total. The minimum absolute atomic E-state index is 0.287. The van der Waals surface area contributed by atoms with Crippen molar-refractivity contribution in [2.75, 3.05) is 0 Å². The van der Waals surface area contributed by atoms with E-state index in [1.807, 2.05) is 41.8 Å². The van der Waals surface area contributed by atoms with E-state index in [0.29, 0.717) is 17.1 Å². The molecule has 0 unspecified atom stereocenters. The summed E-state index contributed by atoms with van der Waals surface area (Å²) in [4.78, 5) is 21.0. The number of hydrogen-bond donors (Lipinski definition) is 1. The molecule has 0 aliphatic heterocycles. The van der Waals surface area contributed by atoms with E-state index in [2.05, 4.69) is 15.3 Å². The Bertz CT molecular complexity index is 1090. The van der Waals surface area contributed by atoms with Gasteiger partial charge in [0, 0.05) is 11.8 Å². The predicted octanol–water partition coefficient (Wildman–Crippen LogP) is 3.86. The van der Waals surface area contributed by atoms with Crippen molar-refractivity contribution in [1.82, 2.24) is 19.9 Å². The summed E-state index contributed by atoms with van der Waals surface area (Å²) in [7, 11) is 0. The van der Waals surface area contributed by atoms with Crippen molar-refractivity contribution in [3.8, 4) is 5.69 Å². The molecule has 2 aromatic carbocycles. The van der Waals surface area contributed by atoms with Crippen LogP contribution in [0.3, 0.4) is 0 Å². The Morgan fingerprint density at radius 1 is 1.23 bits per heavy atom. The number of aryl methyl sites for hydroxylation is 1. The molecule has 4 aromatic rings. The average molecular weight is 366 g/mol. The molecule has 2 heterocycles. The van der Waals surface area contributed by atoms with Crippen LogP contribution in [0.5, 0.6) is 0 Å². The van der Waals surface area contributed by atoms with Crippen LogP contribution >= 0.6 is 11.3 Å². The molecular formula is C19H15FN4OS. The Morgan fingerprint density at radius 2 is 2.04 bits per heavy atom. The van der Waals surface area contributed by atoms with Crippen LogP contribution in [0.15, 0.2) is 54.7 Å². The number of nitrogens with one attached hydrogen (secondary N) is 1. The van der Waals surface area contributed by atoms with Gasteiger partial charge in [-0.15, -0.1) is 11.3 Å². The van der Waals surface area contributed by atoms with E-state index in [1.54, 1.807) is 12.3 Å². The molecule has 0 radical (unpaired) electrons. The summed E-state index contributed by atoms with van der Waals surface area (Å²) in [5.41, 5.74) is 2.35. The van der Waals surface area contributed by atoms with Gasteiger partial charge in [0.05, 0.1) is 28.7 Å². The Kier molecular flexibility index (Phi) is 4.22. The summed E-state index contributed by atoms with van der Waals surface area (Å²) in [6.45, 7) is 2.24. The number of rotatable bonds is 4. The van der Waals surface area contributed by atoms with Gasteiger partial charge in [0.1, 0.15) is 11.6 Å². The minimum Gasteiger partial charge on any atom is -0.344 e. The topological polar surface area (TPSA) is 59.8 Å². The second-order valence-electron chi connectivity index (χ2n) is 5.78. The molecule has 130 valence electrons. The lowest BCUT2D eigenvalue weighted by molar-refractivity contribution is 0.0950. The molecule has 1 amide bonds. The number of para-hydroxylation sites is 1. The van der Waals surface area contributed by atoms with E-state index in [9.17, 15) is 9.18 Å². The van der Waals surface area contributed by atoms with Gasteiger partial charge in [-0.25, -0.2) is 14.4 Å². The van der Waals surface area contributed by atoms with Crippen molar-refractivity contribution >= 4 is 27.5 Å². The fourth-order valence-corrected chi connectivity index (χ4v) is 3.65. The molecule has 26 heavy (non-hydrogen) atoms. The number of imidazole rings is 1. The highest BCUT2D eigenvalue weighted by atomic mass is 32.1. The van der Waals surface area contributed by atoms with Gasteiger partial charge in [-0.3, -0.25) is 9.36 Å². The quantitative estimate of drug-likeness (QED) is 0.597. The molecule has 4 rings (SSSR count). The SMILES string of the molecule is Cc1ncc(CNC(=O)c2nc3cc(F)ccc3s2)n1-c1ccccc1. The summed E-state index contributed by atoms with van der Waals surface area (Å²) >= 11 is 1.24. The zero-order chi connectivity index (χ0) is 18.1. The van der Waals surface area contributed by atoms with Gasteiger partial charge in [-0.05, 0) is 31.2 Å². The largest absolute Gasteiger partial charge is 0.344 e. The third kappa shape index (κ3) is 3.09. The lowest BCUT2D eigenvalue weighted by Crippen LogP contribution is -2.24. The minimum atomic E-state index is -0.364. The van der Waals surface area contributed by atoms with Crippen LogP contribution in [0.1, 0.15) is 21.3 Å². The molecule has 0 aliphatic carbocycles. The first-order chi connectivity index (χ1) is 12.6. The number of halogens is 1. The van der Waals surface area contributed by atoms with Gasteiger partial charge in [0.2, 0.25) is 0 Å². The van der Waals surface area contributed by atoms with Crippen LogP contribution < -0.4 is 5.32 Å². The number of benzene rings is 2. The number of fused-ring (bicyclic) bond motifs is 1. The van der Waals surface area contributed by atoms with Crippen LogP contribution in [0, 0.1) is 12.7 Å². The van der Waals surface area contributed by atoms with E-state index >= 15 is 0 Å². The van der Waals surface area contributed by atoms with Gasteiger partial charge < -0.3 is 5.32 Å². The van der Waals surface area contributed by atoms with Crippen molar-refractivity contribution < 1.29 is 9.18 Å². The summed E-state index contributed by atoms with van der Waals surface area (Å²) in [6.07, 6.45) is 1.75. The average Bonchev–Trinajstić information content (AvgIpc) is 3.23. The van der Waals surface area contributed by atoms with Crippen molar-refractivity contribution in [3.05, 3.63) is 77.1 Å². The van der Waals surface area contributed by atoms with Crippen molar-refractivity contribution in [3.63, 3.8) is 0 Å². The molecule has 2 aromatic heterocycles. The van der Waals surface area contributed by atoms with Gasteiger partial charge >= 0.3 is 0 Å². The Morgan fingerprint density at radius 3 is 2.85 bits per heavy atom. The Hall–Kier alpha value is -3.06. The van der Waals surface area contributed by atoms with E-state index in [4.69, 9.17) is 0 Å². The molecule has 0 saturated heterocycles. The molecule has 0 bridgehead atoms. The monoisotopic (exact) mass is 366 g/mol. The molecule has 0 atom stereocenters. The van der Waals surface area contributed by atoms with Crippen LogP contribution in [0.2, 0.25) is 0 Å². The Labute approximate surface area is 153 Å². The fourth-order valence-electron chi connectivity index (χ4n) is 2.79. The third-order valence-corrected chi connectivity index (χ3v) is 5.03. The second kappa shape index (κ2) is 6.68. The molecule has 7 heteroatoms. The lowest BCUT2D eigenvalue weighted by Gasteiger charge is -2.10. The van der Waals surface area contributed by atoms with E-state index in [0.717, 1.165) is 21.9 Å². The molecule has 0 spiro atoms. The van der Waals surface area contributed by atoms with E-state index in [1.165, 1.54) is 23.5 Å². The Balaban J connectivity index is 1.55. The first kappa shape index (κ1) is 16.4. The zero-order valence-corrected chi connectivity index (χ0v) is 14.8. The normalized spacial score (nSPS) is 11.0. The smallest absolute Gasteiger partial charge is 0.280 e. The summed E-state index contributed by atoms with van der Waals surface area (Å²) in [5, 5.41) is 3.18. The van der Waals surface area contributed by atoms with E-state index in [-0.39, 0.29) is 11.7 Å². The number of nitrogens with zero attached hydrogens (tertiary/aromatic N) is 3. The molecule has 0 aliphatic rings. The number of carbonyl (C=O) groups is 1. The van der Waals surface area contributed by atoms with Gasteiger partial charge in [0.25, 0.3) is 5.91 Å². The standard InChI is InChI=1S/C19H15FN4OS/c1-12-21-10-15(24(12)14-5-3-2-4-6-14)11-22-18(25)19-23-16-9-13(20)7-8-17(16)26-19/h2-10H,11H2,1H3,(H,22,25). The number of amides is 1. The first-order valence-electron chi connectivity index (χ1n) is 8.05. The number of thiazole rings is 1. The predicted molar refractivity (Wildman–Crippen MR) is 99.0 cm³/mol. The zero-order valence-electron chi connectivity index (χ0n) is 13.9. The van der Waals surface area contributed by atoms with Crippen LogP contribution in [0.4, 0.5) is 4.39 Å². The van der Waals surface area contributed by atoms with Crippen LogP contribution in [-0.2, 0) is 6.54 Å². The highest BCUT2D eigenvalue weighted by Gasteiger charge is 2.14. The highest BCUT2D eigenvalue weighted by Crippen LogP contribution is 2.23. The summed E-state index contributed by atoms with van der Waals surface area (Å²) in [5.74, 6) is 0.193. The third-order valence-electron chi connectivity index (χ3n) is 4.00. The molecule has 5 nitrogen and oxygen atoms in total. The molecule has 0 saturated carbocycles. The maximum atomic E-state index is 13.3. The van der Waals surface area contributed by atoms with E-state index < -0.39 is 0 Å². The van der Waals surface area contributed by atoms with Crippen molar-refractivity contribution in [1.29, 1.82) is 0 Å². The maximum Gasteiger partial charge on any atom is 0.280 e. The van der Waals surface area contributed by atoms with Crippen LogP contribution in [0.25, 0.3) is 15.9 Å². The highest BCUT2D eigenvalue weighted by molar-refractivity contribution is 7.20. The second-order valence-corrected chi connectivity index (χ2v) is 6.81. The van der Waals surface area contributed by atoms with Crippen molar-refractivity contribution in [2.24, 2.45) is 0 Å². The molecule has 0 fully saturated rings. The van der Waals surface area contributed by atoms with Gasteiger partial charge in [-0.2, -0.15) is 0 Å². The first-order valence-corrected chi connectivity index (χ1v) is 8.86. The summed E-state index contributed by atoms with van der Waals surface area (Å²) < 4.78 is 16.1. The lowest BCUT2D eigenvalue weighted by atomic mass is 10.3. The number of carbonyl (C=O) groups excluding carboxylic acids is 1. The fraction of sp³-hybridized carbons (Fsp3) is 0.105. The summed E-state index contributed by atoms with van der Waals surface area (Å²) in [6, 6.07) is 14.2. The van der Waals surface area contributed by atoms with Gasteiger partial charge in [0.15, 0.2) is 5.01 Å². The molecular weight excluding hydrogens is 351 g/mol. The number of aromatic nitrogens is 3.